The lowest BCUT2D eigenvalue weighted by atomic mass is 10.5. The summed E-state index contributed by atoms with van der Waals surface area (Å²) < 4.78 is 5.11. The predicted octanol–water partition coefficient (Wildman–Crippen LogP) is 0.849. The van der Waals surface area contributed by atoms with Gasteiger partial charge in [0.05, 0.1) is 0 Å². The molecule has 0 rings (SSSR count). The van der Waals surface area contributed by atoms with Crippen molar-refractivity contribution in [3.63, 3.8) is 0 Å². The Kier molecular flexibility index (Phi) is 4.94. The van der Waals surface area contributed by atoms with E-state index >= 15 is 0 Å². The van der Waals surface area contributed by atoms with E-state index in [0.29, 0.717) is 6.73 Å². The third-order valence-corrected chi connectivity index (χ3v) is 1.17. The Labute approximate surface area is 62.0 Å². The minimum Gasteiger partial charge on any atom is -0.361 e. The van der Waals surface area contributed by atoms with Gasteiger partial charge in [-0.2, -0.15) is 0 Å². The summed E-state index contributed by atoms with van der Waals surface area (Å²) in [4.78, 5) is 12.1. The van der Waals surface area contributed by atoms with Crippen molar-refractivity contribution in [1.29, 1.82) is 0 Å². The maximum Gasteiger partial charge on any atom is 0.220 e. The fourth-order valence-electron chi connectivity index (χ4n) is 0.437. The second kappa shape index (κ2) is 5.23. The molecular formula is C7H15NO2. The third kappa shape index (κ3) is 4.32. The van der Waals surface area contributed by atoms with Crippen molar-refractivity contribution in [2.75, 3.05) is 20.4 Å². The van der Waals surface area contributed by atoms with Gasteiger partial charge in [0.15, 0.2) is 0 Å². The van der Waals surface area contributed by atoms with E-state index < -0.39 is 0 Å². The van der Waals surface area contributed by atoms with Crippen LogP contribution in [0.25, 0.3) is 0 Å². The zero-order chi connectivity index (χ0) is 7.98. The van der Waals surface area contributed by atoms with E-state index in [1.165, 1.54) is 11.8 Å². The van der Waals surface area contributed by atoms with Crippen LogP contribution >= 0.6 is 0 Å². The monoisotopic (exact) mass is 145 g/mol. The zero-order valence-electron chi connectivity index (χ0n) is 6.89. The topological polar surface area (TPSA) is 29.5 Å². The molecule has 0 saturated heterocycles. The predicted molar refractivity (Wildman–Crippen MR) is 39.6 cm³/mol. The Morgan fingerprint density at radius 1 is 1.60 bits per heavy atom. The summed E-state index contributed by atoms with van der Waals surface area (Å²) in [6.07, 6.45) is 0.992. The van der Waals surface area contributed by atoms with Crippen molar-refractivity contribution in [1.82, 2.24) is 4.90 Å². The highest BCUT2D eigenvalue weighted by Crippen LogP contribution is 1.85. The molecule has 0 aromatic carbocycles. The molecule has 0 N–H and O–H groups in total. The van der Waals surface area contributed by atoms with E-state index in [9.17, 15) is 4.79 Å². The van der Waals surface area contributed by atoms with Crippen LogP contribution in [-0.4, -0.2) is 31.2 Å². The van der Waals surface area contributed by atoms with Gasteiger partial charge >= 0.3 is 0 Å². The molecule has 0 aromatic rings. The van der Waals surface area contributed by atoms with E-state index in [-0.39, 0.29) is 5.91 Å². The van der Waals surface area contributed by atoms with Crippen LogP contribution in [0.1, 0.15) is 20.3 Å². The third-order valence-electron chi connectivity index (χ3n) is 1.17. The molecule has 0 fully saturated rings. The number of carbonyl (C=O) groups excluding carboxylic acids is 1. The summed E-state index contributed by atoms with van der Waals surface area (Å²) in [5.41, 5.74) is 0. The summed E-state index contributed by atoms with van der Waals surface area (Å²) in [7, 11) is 1.72. The lowest BCUT2D eigenvalue weighted by Gasteiger charge is -2.13. The van der Waals surface area contributed by atoms with Crippen LogP contribution in [0.5, 0.6) is 0 Å². The summed E-state index contributed by atoms with van der Waals surface area (Å²) in [5, 5.41) is 0. The van der Waals surface area contributed by atoms with Crippen molar-refractivity contribution in [3.8, 4) is 0 Å². The van der Waals surface area contributed by atoms with Crippen LogP contribution in [0, 0.1) is 0 Å². The molecule has 0 saturated carbocycles. The molecule has 0 aliphatic carbocycles. The van der Waals surface area contributed by atoms with Gasteiger partial charge in [-0.3, -0.25) is 4.79 Å². The first-order valence-corrected chi connectivity index (χ1v) is 3.48. The molecule has 3 nitrogen and oxygen atoms in total. The minimum absolute atomic E-state index is 0.0381. The number of hydrogen-bond donors (Lipinski definition) is 0. The molecule has 0 heterocycles. The Morgan fingerprint density at radius 3 is 2.60 bits per heavy atom. The Morgan fingerprint density at radius 2 is 2.20 bits per heavy atom. The molecule has 60 valence electrons. The van der Waals surface area contributed by atoms with Gasteiger partial charge < -0.3 is 9.64 Å². The van der Waals surface area contributed by atoms with E-state index in [0.717, 1.165) is 13.0 Å². The van der Waals surface area contributed by atoms with Gasteiger partial charge in [-0.25, -0.2) is 0 Å². The summed E-state index contributed by atoms with van der Waals surface area (Å²) >= 11 is 0. The Balaban J connectivity index is 3.21. The molecule has 0 unspecified atom stereocenters. The Hall–Kier alpha value is -0.570. The van der Waals surface area contributed by atoms with Crippen LogP contribution in [0.2, 0.25) is 0 Å². The summed E-state index contributed by atoms with van der Waals surface area (Å²) in [6, 6.07) is 0. The fourth-order valence-corrected chi connectivity index (χ4v) is 0.437. The molecule has 1 amide bonds. The molecule has 0 bridgehead atoms. The highest BCUT2D eigenvalue weighted by atomic mass is 16.5. The van der Waals surface area contributed by atoms with Gasteiger partial charge in [-0.05, 0) is 6.42 Å². The van der Waals surface area contributed by atoms with Gasteiger partial charge in [0, 0.05) is 20.6 Å². The molecule has 10 heavy (non-hydrogen) atoms. The number of nitrogens with zero attached hydrogens (tertiary/aromatic N) is 1. The maximum atomic E-state index is 10.6. The van der Waals surface area contributed by atoms with Crippen LogP contribution in [0.3, 0.4) is 0 Å². The largest absolute Gasteiger partial charge is 0.361 e. The molecule has 0 aromatic heterocycles. The number of amides is 1. The van der Waals surface area contributed by atoms with Gasteiger partial charge in [-0.1, -0.05) is 6.92 Å². The van der Waals surface area contributed by atoms with Crippen LogP contribution in [0.4, 0.5) is 0 Å². The maximum absolute atomic E-state index is 10.6. The lowest BCUT2D eigenvalue weighted by molar-refractivity contribution is -0.132. The first-order chi connectivity index (χ1) is 4.68. The van der Waals surface area contributed by atoms with Crippen molar-refractivity contribution in [3.05, 3.63) is 0 Å². The second-order valence-electron chi connectivity index (χ2n) is 2.25. The Bertz CT molecular complexity index is 104. The van der Waals surface area contributed by atoms with Crippen molar-refractivity contribution in [2.24, 2.45) is 0 Å². The minimum atomic E-state index is 0.0381. The SMILES string of the molecule is CCCOCN(C)C(C)=O. The first kappa shape index (κ1) is 9.43. The van der Waals surface area contributed by atoms with Crippen LogP contribution in [0.15, 0.2) is 0 Å². The number of rotatable bonds is 4. The number of hydrogen-bond acceptors (Lipinski definition) is 2. The van der Waals surface area contributed by atoms with E-state index in [4.69, 9.17) is 4.74 Å². The number of carbonyl (C=O) groups is 1. The number of ether oxygens (including phenoxy) is 1. The second-order valence-corrected chi connectivity index (χ2v) is 2.25. The quantitative estimate of drug-likeness (QED) is 0.433. The molecule has 3 heteroatoms. The molecule has 0 radical (unpaired) electrons. The normalized spacial score (nSPS) is 9.50. The average Bonchev–Trinajstić information content (AvgIpc) is 1.88. The first-order valence-electron chi connectivity index (χ1n) is 3.48. The van der Waals surface area contributed by atoms with Crippen molar-refractivity contribution in [2.45, 2.75) is 20.3 Å². The van der Waals surface area contributed by atoms with E-state index in [1.807, 2.05) is 6.92 Å². The smallest absolute Gasteiger partial charge is 0.220 e. The average molecular weight is 145 g/mol. The molecule has 0 atom stereocenters. The molecule has 0 aliphatic rings. The summed E-state index contributed by atoms with van der Waals surface area (Å²) in [5.74, 6) is 0.0381. The highest BCUT2D eigenvalue weighted by Gasteiger charge is 1.98. The molecule has 0 spiro atoms. The van der Waals surface area contributed by atoms with Crippen molar-refractivity contribution < 1.29 is 9.53 Å². The standard InChI is InChI=1S/C7H15NO2/c1-4-5-10-6-8(3)7(2)9/h4-6H2,1-3H3. The van der Waals surface area contributed by atoms with Crippen LogP contribution < -0.4 is 0 Å². The van der Waals surface area contributed by atoms with Gasteiger partial charge in [0.2, 0.25) is 5.91 Å². The van der Waals surface area contributed by atoms with Crippen LogP contribution in [-0.2, 0) is 9.53 Å². The van der Waals surface area contributed by atoms with Gasteiger partial charge in [0.1, 0.15) is 6.73 Å². The molecular weight excluding hydrogens is 130 g/mol. The van der Waals surface area contributed by atoms with E-state index in [1.54, 1.807) is 7.05 Å². The molecule has 0 aliphatic heterocycles. The van der Waals surface area contributed by atoms with E-state index in [2.05, 4.69) is 0 Å². The van der Waals surface area contributed by atoms with Gasteiger partial charge in [0.25, 0.3) is 0 Å². The lowest BCUT2D eigenvalue weighted by Crippen LogP contribution is -2.26. The zero-order valence-corrected chi connectivity index (χ0v) is 6.89. The fraction of sp³-hybridized carbons (Fsp3) is 0.857. The summed E-state index contributed by atoms with van der Waals surface area (Å²) in [6.45, 7) is 4.68. The van der Waals surface area contributed by atoms with Gasteiger partial charge in [-0.15, -0.1) is 0 Å². The van der Waals surface area contributed by atoms with Crippen molar-refractivity contribution >= 4 is 5.91 Å². The highest BCUT2D eigenvalue weighted by molar-refractivity contribution is 5.72.